The molecule has 0 fully saturated rings. The van der Waals surface area contributed by atoms with Crippen LogP contribution in [0.25, 0.3) is 0 Å². The maximum atomic E-state index is 12.6. The van der Waals surface area contributed by atoms with Crippen molar-refractivity contribution in [2.24, 2.45) is 0 Å². The van der Waals surface area contributed by atoms with Gasteiger partial charge in [0, 0.05) is 11.3 Å². The summed E-state index contributed by atoms with van der Waals surface area (Å²) >= 11 is 0. The second kappa shape index (κ2) is 7.61. The van der Waals surface area contributed by atoms with Crippen molar-refractivity contribution in [2.75, 3.05) is 33.8 Å². The maximum Gasteiger partial charge on any atom is 0.356 e. The summed E-state index contributed by atoms with van der Waals surface area (Å²) in [6, 6.07) is 4.68. The highest BCUT2D eigenvalue weighted by Gasteiger charge is 2.20. The minimum atomic E-state index is -0.576. The van der Waals surface area contributed by atoms with Crippen molar-refractivity contribution < 1.29 is 28.5 Å². The highest BCUT2D eigenvalue weighted by molar-refractivity contribution is 6.08. The van der Waals surface area contributed by atoms with Crippen LogP contribution in [0.4, 0.5) is 5.69 Å². The molecule has 0 bridgehead atoms. The molecule has 0 spiro atoms. The molecule has 0 unspecified atom stereocenters. The zero-order valence-electron chi connectivity index (χ0n) is 14.7. The van der Waals surface area contributed by atoms with Gasteiger partial charge in [-0.3, -0.25) is 4.79 Å². The van der Waals surface area contributed by atoms with E-state index in [0.29, 0.717) is 28.6 Å². The van der Waals surface area contributed by atoms with Crippen molar-refractivity contribution >= 4 is 17.6 Å². The lowest BCUT2D eigenvalue weighted by Gasteiger charge is -2.14. The van der Waals surface area contributed by atoms with Gasteiger partial charge in [0.1, 0.15) is 5.69 Å². The zero-order chi connectivity index (χ0) is 18.6. The number of amides is 1. The Bertz CT molecular complexity index is 771. The molecule has 0 aliphatic carbocycles. The van der Waals surface area contributed by atoms with Crippen LogP contribution in [-0.2, 0) is 4.74 Å². The molecule has 0 radical (unpaired) electrons. The first-order chi connectivity index (χ1) is 11.9. The highest BCUT2D eigenvalue weighted by atomic mass is 16.5. The third-order valence-corrected chi connectivity index (χ3v) is 3.52. The van der Waals surface area contributed by atoms with E-state index in [9.17, 15) is 9.59 Å². The molecular weight excluding hydrogens is 328 g/mol. The Morgan fingerprint density at radius 1 is 0.960 bits per heavy atom. The minimum Gasteiger partial charge on any atom is -0.493 e. The van der Waals surface area contributed by atoms with Gasteiger partial charge >= 0.3 is 5.97 Å². The van der Waals surface area contributed by atoms with E-state index in [2.05, 4.69) is 10.3 Å². The summed E-state index contributed by atoms with van der Waals surface area (Å²) in [5.74, 6) is 0.0712. The summed E-state index contributed by atoms with van der Waals surface area (Å²) in [6.45, 7) is 1.77. The predicted molar refractivity (Wildman–Crippen MR) is 90.9 cm³/mol. The van der Waals surface area contributed by atoms with Gasteiger partial charge in [-0.15, -0.1) is 0 Å². The second-order valence-electron chi connectivity index (χ2n) is 5.10. The van der Waals surface area contributed by atoms with E-state index in [1.165, 1.54) is 40.6 Å². The Balaban J connectivity index is 2.38. The number of esters is 1. The van der Waals surface area contributed by atoms with Crippen LogP contribution in [0.15, 0.2) is 18.2 Å². The van der Waals surface area contributed by atoms with Crippen LogP contribution in [0.5, 0.6) is 17.2 Å². The summed E-state index contributed by atoms with van der Waals surface area (Å²) in [5, 5.41) is 2.68. The molecule has 1 aromatic heterocycles. The number of hydrogen-bond acceptors (Lipinski definition) is 6. The van der Waals surface area contributed by atoms with Crippen LogP contribution in [0.2, 0.25) is 0 Å². The van der Waals surface area contributed by atoms with E-state index in [0.717, 1.165) is 0 Å². The number of nitrogens with one attached hydrogen (secondary N) is 2. The predicted octanol–water partition coefficient (Wildman–Crippen LogP) is 2.39. The van der Waals surface area contributed by atoms with Crippen LogP contribution < -0.4 is 19.5 Å². The first-order valence-corrected chi connectivity index (χ1v) is 7.34. The highest BCUT2D eigenvalue weighted by Crippen LogP contribution is 2.38. The largest absolute Gasteiger partial charge is 0.493 e. The zero-order valence-corrected chi connectivity index (χ0v) is 14.7. The first kappa shape index (κ1) is 18.2. The lowest BCUT2D eigenvalue weighted by Crippen LogP contribution is -2.15. The number of aromatic amines is 1. The summed E-state index contributed by atoms with van der Waals surface area (Å²) in [4.78, 5) is 27.2. The molecule has 0 atom stereocenters. The number of aryl methyl sites for hydroxylation is 1. The van der Waals surface area contributed by atoms with Gasteiger partial charge in [0.2, 0.25) is 5.75 Å². The van der Waals surface area contributed by atoms with Crippen LogP contribution in [0.3, 0.4) is 0 Å². The SMILES string of the molecule is COC(=O)c1[nH]c(C)cc1NC(=O)c1cc(OC)c(OC)c(OC)c1. The smallest absolute Gasteiger partial charge is 0.356 e. The summed E-state index contributed by atoms with van der Waals surface area (Å²) in [5.41, 5.74) is 1.48. The number of anilines is 1. The minimum absolute atomic E-state index is 0.167. The number of ether oxygens (including phenoxy) is 4. The fourth-order valence-electron chi connectivity index (χ4n) is 2.36. The number of methoxy groups -OCH3 is 4. The molecule has 134 valence electrons. The lowest BCUT2D eigenvalue weighted by molar-refractivity contribution is 0.0596. The van der Waals surface area contributed by atoms with Crippen LogP contribution in [0.1, 0.15) is 26.5 Å². The number of aromatic nitrogens is 1. The van der Waals surface area contributed by atoms with Gasteiger partial charge in [-0.25, -0.2) is 4.79 Å². The molecule has 0 aliphatic rings. The van der Waals surface area contributed by atoms with E-state index >= 15 is 0 Å². The van der Waals surface area contributed by atoms with E-state index in [1.54, 1.807) is 13.0 Å². The van der Waals surface area contributed by atoms with Crippen LogP contribution in [0, 0.1) is 6.92 Å². The van der Waals surface area contributed by atoms with Gasteiger partial charge < -0.3 is 29.2 Å². The van der Waals surface area contributed by atoms with Gasteiger partial charge in [-0.2, -0.15) is 0 Å². The molecule has 8 heteroatoms. The van der Waals surface area contributed by atoms with Gasteiger partial charge in [-0.1, -0.05) is 0 Å². The number of H-pyrrole nitrogens is 1. The molecule has 0 saturated carbocycles. The van der Waals surface area contributed by atoms with Gasteiger partial charge in [-0.05, 0) is 25.1 Å². The van der Waals surface area contributed by atoms with Crippen LogP contribution >= 0.6 is 0 Å². The normalized spacial score (nSPS) is 10.1. The average Bonchev–Trinajstić information content (AvgIpc) is 2.99. The number of rotatable bonds is 6. The Morgan fingerprint density at radius 3 is 2.04 bits per heavy atom. The number of carbonyl (C=O) groups excluding carboxylic acids is 2. The number of hydrogen-bond donors (Lipinski definition) is 2. The molecule has 2 rings (SSSR count). The third-order valence-electron chi connectivity index (χ3n) is 3.52. The Hall–Kier alpha value is -3.16. The second-order valence-corrected chi connectivity index (χ2v) is 5.10. The number of benzene rings is 1. The van der Waals surface area contributed by atoms with Gasteiger partial charge in [0.25, 0.3) is 5.91 Å². The van der Waals surface area contributed by atoms with Crippen molar-refractivity contribution in [1.29, 1.82) is 0 Å². The summed E-state index contributed by atoms with van der Waals surface area (Å²) in [6.07, 6.45) is 0. The average molecular weight is 348 g/mol. The Labute approximate surface area is 145 Å². The fourth-order valence-corrected chi connectivity index (χ4v) is 2.36. The Kier molecular flexibility index (Phi) is 5.53. The van der Waals surface area contributed by atoms with Crippen molar-refractivity contribution in [3.05, 3.63) is 35.2 Å². The molecule has 25 heavy (non-hydrogen) atoms. The molecule has 2 N–H and O–H groups in total. The van der Waals surface area contributed by atoms with Gasteiger partial charge in [0.05, 0.1) is 34.1 Å². The molecule has 1 aromatic carbocycles. The third kappa shape index (κ3) is 3.68. The molecule has 2 aromatic rings. The molecule has 8 nitrogen and oxygen atoms in total. The topological polar surface area (TPSA) is 98.9 Å². The van der Waals surface area contributed by atoms with Crippen LogP contribution in [-0.4, -0.2) is 45.3 Å². The molecular formula is C17H20N2O6. The first-order valence-electron chi connectivity index (χ1n) is 7.34. The standard InChI is InChI=1S/C17H20N2O6/c1-9-6-11(14(18-9)17(21)25-5)19-16(20)10-7-12(22-2)15(24-4)13(8-10)23-3/h6-8,18H,1-5H3,(H,19,20). The van der Waals surface area contributed by atoms with Crippen molar-refractivity contribution in [3.63, 3.8) is 0 Å². The number of carbonyl (C=O) groups is 2. The monoisotopic (exact) mass is 348 g/mol. The van der Waals surface area contributed by atoms with E-state index < -0.39 is 11.9 Å². The summed E-state index contributed by atoms with van der Waals surface area (Å²) < 4.78 is 20.4. The molecule has 0 aliphatic heterocycles. The van der Waals surface area contributed by atoms with Gasteiger partial charge in [0.15, 0.2) is 11.5 Å². The van der Waals surface area contributed by atoms with Crippen molar-refractivity contribution in [3.8, 4) is 17.2 Å². The van der Waals surface area contributed by atoms with E-state index in [4.69, 9.17) is 18.9 Å². The summed E-state index contributed by atoms with van der Waals surface area (Å²) in [7, 11) is 5.67. The molecule has 0 saturated heterocycles. The van der Waals surface area contributed by atoms with E-state index in [1.807, 2.05) is 0 Å². The fraction of sp³-hybridized carbons (Fsp3) is 0.294. The molecule has 1 amide bonds. The van der Waals surface area contributed by atoms with E-state index in [-0.39, 0.29) is 11.3 Å². The van der Waals surface area contributed by atoms with Crippen molar-refractivity contribution in [2.45, 2.75) is 6.92 Å². The Morgan fingerprint density at radius 2 is 1.56 bits per heavy atom. The molecule has 1 heterocycles. The lowest BCUT2D eigenvalue weighted by atomic mass is 10.1. The quantitative estimate of drug-likeness (QED) is 0.778. The maximum absolute atomic E-state index is 12.6. The van der Waals surface area contributed by atoms with Crippen molar-refractivity contribution in [1.82, 2.24) is 4.98 Å².